The van der Waals surface area contributed by atoms with Crippen molar-refractivity contribution in [2.24, 2.45) is 5.73 Å². The number of carbonyl (C=O) groups is 2. The van der Waals surface area contributed by atoms with Gasteiger partial charge in [-0.3, -0.25) is 9.59 Å². The van der Waals surface area contributed by atoms with Gasteiger partial charge in [-0.2, -0.15) is 26.3 Å². The maximum absolute atomic E-state index is 12.9. The van der Waals surface area contributed by atoms with E-state index in [-0.39, 0.29) is 39.5 Å². The minimum absolute atomic E-state index is 0.114. The molecule has 2 amide bonds. The van der Waals surface area contributed by atoms with E-state index in [2.05, 4.69) is 0 Å². The lowest BCUT2D eigenvalue weighted by molar-refractivity contribution is -0.143. The lowest BCUT2D eigenvalue weighted by atomic mass is 10.0. The molecule has 0 saturated carbocycles. The third kappa shape index (κ3) is 4.87. The maximum Gasteiger partial charge on any atom is 0.416 e. The number of carbonyl (C=O) groups excluding carboxylic acids is 2. The van der Waals surface area contributed by atoms with Crippen molar-refractivity contribution in [3.8, 4) is 0 Å². The molecule has 3 N–H and O–H groups in total. The largest absolute Gasteiger partial charge is 0.416 e. The number of rotatable bonds is 3. The molecule has 0 bridgehead atoms. The Morgan fingerprint density at radius 3 is 1.75 bits per heavy atom. The van der Waals surface area contributed by atoms with Gasteiger partial charge < -0.3 is 11.1 Å². The topological polar surface area (TPSA) is 72.2 Å². The maximum atomic E-state index is 12.9. The number of amides is 2. The molecule has 0 unspecified atom stereocenters. The molecule has 2 rings (SSSR count). The van der Waals surface area contributed by atoms with Gasteiger partial charge in [0.1, 0.15) is 0 Å². The molecule has 0 radical (unpaired) electrons. The summed E-state index contributed by atoms with van der Waals surface area (Å²) in [5.74, 6) is -2.31. The molecule has 2 aromatic carbocycles. The van der Waals surface area contributed by atoms with Gasteiger partial charge >= 0.3 is 12.4 Å². The van der Waals surface area contributed by atoms with Gasteiger partial charge in [0.2, 0.25) is 5.91 Å². The number of nitrogens with one attached hydrogen (secondary N) is 1. The molecular weight excluding hydrogens is 437 g/mol. The second-order valence-electron chi connectivity index (χ2n) is 5.42. The highest BCUT2D eigenvalue weighted by molar-refractivity contribution is 6.38. The zero-order valence-electron chi connectivity index (χ0n) is 13.3. The van der Waals surface area contributed by atoms with Crippen LogP contribution in [-0.2, 0) is 12.4 Å². The van der Waals surface area contributed by atoms with Crippen LogP contribution in [0.2, 0.25) is 10.0 Å². The van der Waals surface area contributed by atoms with E-state index in [1.165, 1.54) is 0 Å². The standard InChI is InChI=1S/C16H8Cl2F6N2O2/c17-10-5-11(18)12(4-9(10)13(25)27)26-14(28)6-1-7(15(19,20)21)3-8(2-6)16(22,23)24/h1-5H,(H2,25,27)(H,26,28). The molecule has 0 aromatic heterocycles. The second kappa shape index (κ2) is 7.51. The normalized spacial score (nSPS) is 12.0. The molecule has 0 fully saturated rings. The number of primary amides is 1. The van der Waals surface area contributed by atoms with Gasteiger partial charge in [-0.1, -0.05) is 23.2 Å². The van der Waals surface area contributed by atoms with Crippen LogP contribution >= 0.6 is 23.2 Å². The Balaban J connectivity index is 2.50. The van der Waals surface area contributed by atoms with Crippen molar-refractivity contribution in [2.75, 3.05) is 5.32 Å². The highest BCUT2D eigenvalue weighted by Gasteiger charge is 2.37. The van der Waals surface area contributed by atoms with E-state index in [9.17, 15) is 35.9 Å². The third-order valence-corrected chi connectivity index (χ3v) is 4.05. The Hall–Kier alpha value is -2.46. The van der Waals surface area contributed by atoms with Gasteiger partial charge in [0.05, 0.1) is 32.4 Å². The van der Waals surface area contributed by atoms with E-state index >= 15 is 0 Å². The van der Waals surface area contributed by atoms with Crippen molar-refractivity contribution in [3.05, 3.63) is 62.6 Å². The molecule has 12 heteroatoms. The summed E-state index contributed by atoms with van der Waals surface area (Å²) in [5.41, 5.74) is 0.296. The van der Waals surface area contributed by atoms with Crippen LogP contribution in [0.25, 0.3) is 0 Å². The zero-order chi connectivity index (χ0) is 21.4. The first-order valence-electron chi connectivity index (χ1n) is 7.10. The van der Waals surface area contributed by atoms with Crippen LogP contribution in [0.1, 0.15) is 31.8 Å². The lowest BCUT2D eigenvalue weighted by Gasteiger charge is -2.15. The summed E-state index contributed by atoms with van der Waals surface area (Å²) in [6.07, 6.45) is -10.2. The van der Waals surface area contributed by atoms with Crippen molar-refractivity contribution < 1.29 is 35.9 Å². The van der Waals surface area contributed by atoms with E-state index in [1.807, 2.05) is 5.32 Å². The van der Waals surface area contributed by atoms with E-state index < -0.39 is 40.9 Å². The summed E-state index contributed by atoms with van der Waals surface area (Å²) in [6, 6.07) is 2.37. The fraction of sp³-hybridized carbons (Fsp3) is 0.125. The lowest BCUT2D eigenvalue weighted by Crippen LogP contribution is -2.18. The van der Waals surface area contributed by atoms with Gasteiger partial charge in [-0.05, 0) is 30.3 Å². The summed E-state index contributed by atoms with van der Waals surface area (Å²) in [5, 5.41) is 1.66. The second-order valence-corrected chi connectivity index (χ2v) is 6.24. The van der Waals surface area contributed by atoms with Crippen LogP contribution in [-0.4, -0.2) is 11.8 Å². The average Bonchev–Trinajstić information content (AvgIpc) is 2.54. The van der Waals surface area contributed by atoms with Gasteiger partial charge in [0.15, 0.2) is 0 Å². The van der Waals surface area contributed by atoms with Crippen LogP contribution in [0.5, 0.6) is 0 Å². The number of benzene rings is 2. The first-order valence-corrected chi connectivity index (χ1v) is 7.85. The van der Waals surface area contributed by atoms with E-state index in [1.54, 1.807) is 0 Å². The number of alkyl halides is 6. The first kappa shape index (κ1) is 21.8. The van der Waals surface area contributed by atoms with Gasteiger partial charge in [-0.15, -0.1) is 0 Å². The summed E-state index contributed by atoms with van der Waals surface area (Å²) in [4.78, 5) is 23.5. The molecule has 2 aromatic rings. The predicted octanol–water partition coefficient (Wildman–Crippen LogP) is 5.38. The summed E-state index contributed by atoms with van der Waals surface area (Å²) < 4.78 is 77.3. The molecule has 0 aliphatic heterocycles. The molecule has 0 atom stereocenters. The fourth-order valence-electron chi connectivity index (χ4n) is 2.11. The smallest absolute Gasteiger partial charge is 0.366 e. The van der Waals surface area contributed by atoms with Gasteiger partial charge in [-0.25, -0.2) is 0 Å². The van der Waals surface area contributed by atoms with Crippen molar-refractivity contribution in [1.82, 2.24) is 0 Å². The fourth-order valence-corrected chi connectivity index (χ4v) is 2.64. The van der Waals surface area contributed by atoms with Crippen LogP contribution in [0.15, 0.2) is 30.3 Å². The predicted molar refractivity (Wildman–Crippen MR) is 89.4 cm³/mol. The highest BCUT2D eigenvalue weighted by atomic mass is 35.5. The molecule has 0 aliphatic carbocycles. The Morgan fingerprint density at radius 2 is 1.32 bits per heavy atom. The molecule has 0 heterocycles. The third-order valence-electron chi connectivity index (χ3n) is 3.42. The van der Waals surface area contributed by atoms with Crippen molar-refractivity contribution in [2.45, 2.75) is 12.4 Å². The Labute approximate surface area is 163 Å². The zero-order valence-corrected chi connectivity index (χ0v) is 14.8. The van der Waals surface area contributed by atoms with E-state index in [4.69, 9.17) is 28.9 Å². The number of hydrogen-bond acceptors (Lipinski definition) is 2. The molecular formula is C16H8Cl2F6N2O2. The van der Waals surface area contributed by atoms with Crippen LogP contribution in [0.4, 0.5) is 32.0 Å². The Morgan fingerprint density at radius 1 is 0.821 bits per heavy atom. The molecule has 28 heavy (non-hydrogen) atoms. The Bertz CT molecular complexity index is 925. The highest BCUT2D eigenvalue weighted by Crippen LogP contribution is 2.37. The SMILES string of the molecule is NC(=O)c1cc(NC(=O)c2cc(C(F)(F)F)cc(C(F)(F)F)c2)c(Cl)cc1Cl. The minimum atomic E-state index is -5.12. The van der Waals surface area contributed by atoms with Crippen LogP contribution in [0.3, 0.4) is 0 Å². The van der Waals surface area contributed by atoms with E-state index in [0.29, 0.717) is 0 Å². The molecule has 0 spiro atoms. The number of nitrogens with two attached hydrogens (primary N) is 1. The summed E-state index contributed by atoms with van der Waals surface area (Å²) >= 11 is 11.6. The molecule has 4 nitrogen and oxygen atoms in total. The van der Waals surface area contributed by atoms with E-state index in [0.717, 1.165) is 12.1 Å². The monoisotopic (exact) mass is 444 g/mol. The first-order chi connectivity index (χ1) is 12.7. The molecule has 150 valence electrons. The Kier molecular flexibility index (Phi) is 5.86. The number of hydrogen-bond donors (Lipinski definition) is 2. The molecule has 0 aliphatic rings. The number of anilines is 1. The minimum Gasteiger partial charge on any atom is -0.366 e. The van der Waals surface area contributed by atoms with Crippen LogP contribution < -0.4 is 11.1 Å². The van der Waals surface area contributed by atoms with Gasteiger partial charge in [0.25, 0.3) is 5.91 Å². The van der Waals surface area contributed by atoms with Crippen molar-refractivity contribution >= 4 is 40.7 Å². The summed E-state index contributed by atoms with van der Waals surface area (Å²) in [7, 11) is 0. The van der Waals surface area contributed by atoms with Crippen molar-refractivity contribution in [3.63, 3.8) is 0 Å². The summed E-state index contributed by atoms with van der Waals surface area (Å²) in [6.45, 7) is 0. The van der Waals surface area contributed by atoms with Crippen molar-refractivity contribution in [1.29, 1.82) is 0 Å². The average molecular weight is 445 g/mol. The number of halogens is 8. The quantitative estimate of drug-likeness (QED) is 0.623. The van der Waals surface area contributed by atoms with Crippen LogP contribution in [0, 0.1) is 0 Å². The molecule has 0 saturated heterocycles. The van der Waals surface area contributed by atoms with Gasteiger partial charge in [0, 0.05) is 5.56 Å².